The molecular weight excluding hydrogens is 268 g/mol. The summed E-state index contributed by atoms with van der Waals surface area (Å²) in [7, 11) is 0. The van der Waals surface area contributed by atoms with Gasteiger partial charge in [-0.25, -0.2) is 8.78 Å². The number of para-hydroxylation sites is 1. The molecule has 0 N–H and O–H groups in total. The maximum Gasteiger partial charge on any atom is 0.131 e. The number of benzene rings is 2. The highest BCUT2D eigenvalue weighted by molar-refractivity contribution is 6.35. The van der Waals surface area contributed by atoms with Crippen molar-refractivity contribution in [3.63, 3.8) is 0 Å². The molecule has 0 spiro atoms. The van der Waals surface area contributed by atoms with E-state index in [1.165, 1.54) is 12.1 Å². The van der Waals surface area contributed by atoms with Crippen LogP contribution >= 0.6 is 11.6 Å². The molecule has 0 saturated carbocycles. The molecular formula is C15H10ClF2N. The molecule has 1 heterocycles. The maximum absolute atomic E-state index is 13.7. The van der Waals surface area contributed by atoms with E-state index in [1.54, 1.807) is 6.07 Å². The van der Waals surface area contributed by atoms with Crippen LogP contribution in [0.25, 0.3) is 10.9 Å². The van der Waals surface area contributed by atoms with Gasteiger partial charge in [-0.1, -0.05) is 29.8 Å². The van der Waals surface area contributed by atoms with Crippen LogP contribution in [-0.2, 0) is 6.54 Å². The van der Waals surface area contributed by atoms with Crippen LogP contribution in [-0.4, -0.2) is 4.57 Å². The van der Waals surface area contributed by atoms with E-state index >= 15 is 0 Å². The molecule has 0 saturated heterocycles. The number of rotatable bonds is 2. The molecule has 0 aliphatic carbocycles. The summed E-state index contributed by atoms with van der Waals surface area (Å²) in [6.45, 7) is 0.319. The van der Waals surface area contributed by atoms with Gasteiger partial charge in [0.2, 0.25) is 0 Å². The molecule has 19 heavy (non-hydrogen) atoms. The predicted molar refractivity (Wildman–Crippen MR) is 72.4 cm³/mol. The van der Waals surface area contributed by atoms with Gasteiger partial charge in [-0.15, -0.1) is 0 Å². The van der Waals surface area contributed by atoms with Gasteiger partial charge in [0.1, 0.15) is 11.6 Å². The van der Waals surface area contributed by atoms with Crippen LogP contribution in [0.2, 0.25) is 5.02 Å². The van der Waals surface area contributed by atoms with Crippen molar-refractivity contribution in [2.45, 2.75) is 6.54 Å². The van der Waals surface area contributed by atoms with Gasteiger partial charge >= 0.3 is 0 Å². The second-order valence-corrected chi connectivity index (χ2v) is 4.76. The summed E-state index contributed by atoms with van der Waals surface area (Å²) in [4.78, 5) is 0. The van der Waals surface area contributed by atoms with Crippen LogP contribution in [0.4, 0.5) is 8.78 Å². The number of aromatic nitrogens is 1. The lowest BCUT2D eigenvalue weighted by atomic mass is 10.2. The van der Waals surface area contributed by atoms with E-state index in [2.05, 4.69) is 0 Å². The topological polar surface area (TPSA) is 4.93 Å². The molecule has 0 unspecified atom stereocenters. The van der Waals surface area contributed by atoms with E-state index in [-0.39, 0.29) is 0 Å². The number of hydrogen-bond donors (Lipinski definition) is 0. The van der Waals surface area contributed by atoms with Gasteiger partial charge in [0.05, 0.1) is 17.1 Å². The summed E-state index contributed by atoms with van der Waals surface area (Å²) in [6, 6.07) is 11.1. The Morgan fingerprint density at radius 3 is 2.68 bits per heavy atom. The quantitative estimate of drug-likeness (QED) is 0.644. The summed E-state index contributed by atoms with van der Waals surface area (Å²) in [5, 5.41) is 1.61. The lowest BCUT2D eigenvalue weighted by Crippen LogP contribution is -2.01. The van der Waals surface area contributed by atoms with E-state index in [4.69, 9.17) is 11.6 Å². The monoisotopic (exact) mass is 277 g/mol. The van der Waals surface area contributed by atoms with Crippen molar-refractivity contribution in [2.75, 3.05) is 0 Å². The molecule has 1 nitrogen and oxygen atoms in total. The van der Waals surface area contributed by atoms with Gasteiger partial charge < -0.3 is 4.57 Å². The van der Waals surface area contributed by atoms with Gasteiger partial charge in [-0.05, 0) is 18.2 Å². The van der Waals surface area contributed by atoms with Crippen LogP contribution < -0.4 is 0 Å². The maximum atomic E-state index is 13.7. The lowest BCUT2D eigenvalue weighted by molar-refractivity contribution is 0.567. The largest absolute Gasteiger partial charge is 0.342 e. The Labute approximate surface area is 114 Å². The van der Waals surface area contributed by atoms with Crippen molar-refractivity contribution in [1.82, 2.24) is 4.57 Å². The molecule has 4 heteroatoms. The first kappa shape index (κ1) is 12.2. The summed E-state index contributed by atoms with van der Waals surface area (Å²) in [5.74, 6) is -1.12. The Hall–Kier alpha value is -1.87. The highest BCUT2D eigenvalue weighted by Gasteiger charge is 2.08. The summed E-state index contributed by atoms with van der Waals surface area (Å²) in [5.41, 5.74) is 1.28. The molecule has 0 atom stereocenters. The molecule has 3 rings (SSSR count). The number of halogens is 3. The Balaban J connectivity index is 2.06. The van der Waals surface area contributed by atoms with E-state index in [1.807, 2.05) is 29.0 Å². The normalized spacial score (nSPS) is 11.1. The molecule has 0 aliphatic heterocycles. The minimum atomic E-state index is -0.573. The van der Waals surface area contributed by atoms with Crippen molar-refractivity contribution in [1.29, 1.82) is 0 Å². The smallest absolute Gasteiger partial charge is 0.131 e. The summed E-state index contributed by atoms with van der Waals surface area (Å²) >= 11 is 6.16. The highest BCUT2D eigenvalue weighted by Crippen LogP contribution is 2.25. The Bertz CT molecular complexity index is 749. The number of fused-ring (bicyclic) bond motifs is 1. The first-order valence-electron chi connectivity index (χ1n) is 5.82. The average molecular weight is 278 g/mol. The third-order valence-corrected chi connectivity index (χ3v) is 3.40. The zero-order valence-corrected chi connectivity index (χ0v) is 10.7. The van der Waals surface area contributed by atoms with Crippen LogP contribution in [0.1, 0.15) is 5.56 Å². The molecule has 0 amide bonds. The van der Waals surface area contributed by atoms with Crippen molar-refractivity contribution in [3.8, 4) is 0 Å². The Morgan fingerprint density at radius 1 is 1.05 bits per heavy atom. The van der Waals surface area contributed by atoms with Crippen LogP contribution in [0, 0.1) is 11.6 Å². The molecule has 2 aromatic carbocycles. The van der Waals surface area contributed by atoms with E-state index in [0.717, 1.165) is 17.0 Å². The SMILES string of the molecule is Fc1ccc(Cn2ccc3cccc(Cl)c32)c(F)c1. The molecule has 0 fully saturated rings. The van der Waals surface area contributed by atoms with Gasteiger partial charge in [0.25, 0.3) is 0 Å². The zero-order valence-electron chi connectivity index (χ0n) is 9.91. The second-order valence-electron chi connectivity index (χ2n) is 4.36. The second kappa shape index (κ2) is 4.67. The van der Waals surface area contributed by atoms with Crippen molar-refractivity contribution in [2.24, 2.45) is 0 Å². The van der Waals surface area contributed by atoms with Crippen LogP contribution in [0.5, 0.6) is 0 Å². The lowest BCUT2D eigenvalue weighted by Gasteiger charge is -2.08. The first-order chi connectivity index (χ1) is 9.15. The van der Waals surface area contributed by atoms with E-state index in [9.17, 15) is 8.78 Å². The molecule has 0 radical (unpaired) electrons. The third-order valence-electron chi connectivity index (χ3n) is 3.10. The van der Waals surface area contributed by atoms with Gasteiger partial charge in [-0.3, -0.25) is 0 Å². The number of nitrogens with zero attached hydrogens (tertiary/aromatic N) is 1. The van der Waals surface area contributed by atoms with Crippen molar-refractivity contribution >= 4 is 22.5 Å². The Morgan fingerprint density at radius 2 is 1.89 bits per heavy atom. The summed E-state index contributed by atoms with van der Waals surface area (Å²) < 4.78 is 28.4. The molecule has 3 aromatic rings. The summed E-state index contributed by atoms with van der Waals surface area (Å²) in [6.07, 6.45) is 1.85. The minimum absolute atomic E-state index is 0.319. The Kier molecular flexibility index (Phi) is 2.99. The van der Waals surface area contributed by atoms with Crippen molar-refractivity contribution < 1.29 is 8.78 Å². The van der Waals surface area contributed by atoms with Gasteiger partial charge in [0, 0.05) is 23.2 Å². The third kappa shape index (κ3) is 2.22. The molecule has 0 bridgehead atoms. The number of hydrogen-bond acceptors (Lipinski definition) is 0. The highest BCUT2D eigenvalue weighted by atomic mass is 35.5. The van der Waals surface area contributed by atoms with Gasteiger partial charge in [0.15, 0.2) is 0 Å². The predicted octanol–water partition coefficient (Wildman–Crippen LogP) is 4.62. The molecule has 0 aliphatic rings. The first-order valence-corrected chi connectivity index (χ1v) is 6.20. The fourth-order valence-corrected chi connectivity index (χ4v) is 2.47. The molecule has 96 valence electrons. The standard InChI is InChI=1S/C15H10ClF2N/c16-13-3-1-2-10-6-7-19(15(10)13)9-11-4-5-12(17)8-14(11)18/h1-8H,9H2. The average Bonchev–Trinajstić information content (AvgIpc) is 2.77. The van der Waals surface area contributed by atoms with E-state index in [0.29, 0.717) is 17.1 Å². The van der Waals surface area contributed by atoms with Crippen LogP contribution in [0.15, 0.2) is 48.7 Å². The van der Waals surface area contributed by atoms with Crippen LogP contribution in [0.3, 0.4) is 0 Å². The fourth-order valence-electron chi connectivity index (χ4n) is 2.18. The minimum Gasteiger partial charge on any atom is -0.342 e. The van der Waals surface area contributed by atoms with Gasteiger partial charge in [-0.2, -0.15) is 0 Å². The van der Waals surface area contributed by atoms with E-state index < -0.39 is 11.6 Å². The molecule has 1 aromatic heterocycles. The van der Waals surface area contributed by atoms with Crippen molar-refractivity contribution in [3.05, 3.63) is 70.9 Å². The fraction of sp³-hybridized carbons (Fsp3) is 0.0667. The zero-order chi connectivity index (χ0) is 13.4.